The van der Waals surface area contributed by atoms with Gasteiger partial charge in [0.05, 0.1) is 0 Å². The van der Waals surface area contributed by atoms with Gasteiger partial charge in [0.15, 0.2) is 0 Å². The Morgan fingerprint density at radius 2 is 2.08 bits per heavy atom. The molecular weight excluding hydrogens is 148 g/mol. The summed E-state index contributed by atoms with van der Waals surface area (Å²) in [7, 11) is 0. The zero-order valence-electron chi connectivity index (χ0n) is 8.26. The van der Waals surface area contributed by atoms with Crippen LogP contribution in [-0.4, -0.2) is 6.29 Å². The minimum atomic E-state index is 0.401. The van der Waals surface area contributed by atoms with E-state index in [0.717, 1.165) is 18.6 Å². The molecule has 0 heterocycles. The lowest BCUT2D eigenvalue weighted by Crippen LogP contribution is -2.28. The van der Waals surface area contributed by atoms with Crippen LogP contribution < -0.4 is 0 Å². The van der Waals surface area contributed by atoms with Gasteiger partial charge in [-0.3, -0.25) is 0 Å². The van der Waals surface area contributed by atoms with Crippen molar-refractivity contribution in [3.8, 4) is 0 Å². The number of fused-ring (bicyclic) bond motifs is 1. The van der Waals surface area contributed by atoms with Crippen molar-refractivity contribution in [3.05, 3.63) is 0 Å². The third kappa shape index (κ3) is 0.773. The van der Waals surface area contributed by atoms with Gasteiger partial charge in [0.1, 0.15) is 6.29 Å². The molecule has 0 aromatic carbocycles. The van der Waals surface area contributed by atoms with Crippen molar-refractivity contribution in [1.29, 1.82) is 0 Å². The standard InChI is InChI=1S/C11H18O/c1-10(2)8(4-5-12)6-9-7-11(9,10)3/h5,8-9H,4,6-7H2,1-3H3/t8?,9?,11-/m0/s1. The van der Waals surface area contributed by atoms with Crippen LogP contribution in [0.25, 0.3) is 0 Å². The summed E-state index contributed by atoms with van der Waals surface area (Å²) >= 11 is 0. The Hall–Kier alpha value is -0.330. The van der Waals surface area contributed by atoms with Gasteiger partial charge in [0.25, 0.3) is 0 Å². The molecule has 0 N–H and O–H groups in total. The second-order valence-corrected chi connectivity index (χ2v) is 5.38. The Morgan fingerprint density at radius 1 is 1.42 bits per heavy atom. The van der Waals surface area contributed by atoms with Crippen LogP contribution in [0.2, 0.25) is 0 Å². The molecule has 0 spiro atoms. The van der Waals surface area contributed by atoms with Crippen molar-refractivity contribution in [3.63, 3.8) is 0 Å². The molecule has 0 radical (unpaired) electrons. The van der Waals surface area contributed by atoms with E-state index < -0.39 is 0 Å². The van der Waals surface area contributed by atoms with Crippen LogP contribution in [0.5, 0.6) is 0 Å². The fraction of sp³-hybridized carbons (Fsp3) is 0.909. The Bertz CT molecular complexity index is 219. The van der Waals surface area contributed by atoms with Crippen LogP contribution in [0.1, 0.15) is 40.0 Å². The molecule has 2 aliphatic rings. The Balaban J connectivity index is 2.17. The molecule has 2 aliphatic carbocycles. The van der Waals surface area contributed by atoms with Gasteiger partial charge in [-0.15, -0.1) is 0 Å². The van der Waals surface area contributed by atoms with Gasteiger partial charge in [-0.05, 0) is 35.5 Å². The Labute approximate surface area is 74.5 Å². The summed E-state index contributed by atoms with van der Waals surface area (Å²) in [6, 6.07) is 0. The van der Waals surface area contributed by atoms with Crippen LogP contribution in [0, 0.1) is 22.7 Å². The van der Waals surface area contributed by atoms with Crippen LogP contribution in [0.4, 0.5) is 0 Å². The molecule has 3 atom stereocenters. The van der Waals surface area contributed by atoms with Crippen molar-refractivity contribution < 1.29 is 4.79 Å². The first-order valence-electron chi connectivity index (χ1n) is 4.96. The zero-order chi connectivity index (χ0) is 8.98. The van der Waals surface area contributed by atoms with E-state index in [9.17, 15) is 4.79 Å². The van der Waals surface area contributed by atoms with E-state index in [1.54, 1.807) is 0 Å². The average Bonchev–Trinajstić information content (AvgIpc) is 2.58. The first kappa shape index (κ1) is 8.28. The highest BCUT2D eigenvalue weighted by atomic mass is 16.1. The van der Waals surface area contributed by atoms with Gasteiger partial charge >= 0.3 is 0 Å². The molecule has 68 valence electrons. The molecule has 0 bridgehead atoms. The number of hydrogen-bond donors (Lipinski definition) is 0. The van der Waals surface area contributed by atoms with Crippen molar-refractivity contribution in [2.75, 3.05) is 0 Å². The molecule has 2 fully saturated rings. The molecular formula is C11H18O. The van der Waals surface area contributed by atoms with Crippen LogP contribution in [-0.2, 0) is 4.79 Å². The zero-order valence-corrected chi connectivity index (χ0v) is 8.26. The molecule has 0 aromatic heterocycles. The van der Waals surface area contributed by atoms with Crippen molar-refractivity contribution in [2.24, 2.45) is 22.7 Å². The lowest BCUT2D eigenvalue weighted by molar-refractivity contribution is -0.109. The first-order valence-corrected chi connectivity index (χ1v) is 4.96. The van der Waals surface area contributed by atoms with Gasteiger partial charge < -0.3 is 4.79 Å². The Morgan fingerprint density at radius 3 is 2.50 bits per heavy atom. The second kappa shape index (κ2) is 2.12. The maximum atomic E-state index is 10.5. The lowest BCUT2D eigenvalue weighted by Gasteiger charge is -2.34. The fourth-order valence-corrected chi connectivity index (χ4v) is 3.20. The van der Waals surface area contributed by atoms with Gasteiger partial charge in [-0.2, -0.15) is 0 Å². The van der Waals surface area contributed by atoms with Crippen LogP contribution in [0.15, 0.2) is 0 Å². The molecule has 0 saturated heterocycles. The topological polar surface area (TPSA) is 17.1 Å². The van der Waals surface area contributed by atoms with Gasteiger partial charge in [0, 0.05) is 6.42 Å². The first-order chi connectivity index (χ1) is 5.52. The highest BCUT2D eigenvalue weighted by Crippen LogP contribution is 2.74. The molecule has 0 aromatic rings. The molecule has 1 nitrogen and oxygen atoms in total. The number of hydrogen-bond acceptors (Lipinski definition) is 1. The van der Waals surface area contributed by atoms with E-state index in [4.69, 9.17) is 0 Å². The fourth-order valence-electron chi connectivity index (χ4n) is 3.20. The van der Waals surface area contributed by atoms with Crippen molar-refractivity contribution in [2.45, 2.75) is 40.0 Å². The molecule has 2 rings (SSSR count). The second-order valence-electron chi connectivity index (χ2n) is 5.38. The molecule has 1 heteroatoms. The average molecular weight is 166 g/mol. The largest absolute Gasteiger partial charge is 0.303 e. The quantitative estimate of drug-likeness (QED) is 0.576. The highest BCUT2D eigenvalue weighted by Gasteiger charge is 2.66. The normalized spacial score (nSPS) is 48.6. The smallest absolute Gasteiger partial charge is 0.120 e. The van der Waals surface area contributed by atoms with Gasteiger partial charge in [-0.1, -0.05) is 20.8 Å². The lowest BCUT2D eigenvalue weighted by atomic mass is 9.70. The van der Waals surface area contributed by atoms with Crippen molar-refractivity contribution >= 4 is 6.29 Å². The summed E-state index contributed by atoms with van der Waals surface area (Å²) in [6.07, 6.45) is 4.57. The van der Waals surface area contributed by atoms with Crippen LogP contribution in [0.3, 0.4) is 0 Å². The third-order valence-corrected chi connectivity index (χ3v) is 4.85. The highest BCUT2D eigenvalue weighted by molar-refractivity contribution is 5.50. The van der Waals surface area contributed by atoms with Gasteiger partial charge in [-0.25, -0.2) is 0 Å². The summed E-state index contributed by atoms with van der Waals surface area (Å²) in [5.41, 5.74) is 0.971. The van der Waals surface area contributed by atoms with Crippen LogP contribution >= 0.6 is 0 Å². The maximum Gasteiger partial charge on any atom is 0.120 e. The van der Waals surface area contributed by atoms with E-state index >= 15 is 0 Å². The molecule has 2 saturated carbocycles. The monoisotopic (exact) mass is 166 g/mol. The number of rotatable bonds is 2. The predicted molar refractivity (Wildman–Crippen MR) is 48.8 cm³/mol. The summed E-state index contributed by atoms with van der Waals surface area (Å²) < 4.78 is 0. The summed E-state index contributed by atoms with van der Waals surface area (Å²) in [5, 5.41) is 0. The van der Waals surface area contributed by atoms with E-state index in [2.05, 4.69) is 20.8 Å². The van der Waals surface area contributed by atoms with Crippen molar-refractivity contribution in [1.82, 2.24) is 0 Å². The molecule has 12 heavy (non-hydrogen) atoms. The summed E-state index contributed by atoms with van der Waals surface area (Å²) in [5.74, 6) is 1.58. The summed E-state index contributed by atoms with van der Waals surface area (Å²) in [6.45, 7) is 7.07. The third-order valence-electron chi connectivity index (χ3n) is 4.85. The molecule has 0 aliphatic heterocycles. The number of carbonyl (C=O) groups is 1. The minimum absolute atomic E-state index is 0.401. The maximum absolute atomic E-state index is 10.5. The minimum Gasteiger partial charge on any atom is -0.303 e. The van der Waals surface area contributed by atoms with E-state index in [0.29, 0.717) is 16.7 Å². The van der Waals surface area contributed by atoms with E-state index in [1.165, 1.54) is 12.8 Å². The molecule has 2 unspecified atom stereocenters. The number of carbonyl (C=O) groups excluding carboxylic acids is 1. The number of aldehydes is 1. The van der Waals surface area contributed by atoms with E-state index in [-0.39, 0.29) is 0 Å². The Kier molecular flexibility index (Phi) is 1.47. The predicted octanol–water partition coefficient (Wildman–Crippen LogP) is 2.65. The SMILES string of the molecule is CC1(C)C(CC=O)CC2C[C@@]21C. The summed E-state index contributed by atoms with van der Waals surface area (Å²) in [4.78, 5) is 10.5. The van der Waals surface area contributed by atoms with E-state index in [1.807, 2.05) is 0 Å². The molecule has 0 amide bonds. The van der Waals surface area contributed by atoms with Gasteiger partial charge in [0.2, 0.25) is 0 Å².